The van der Waals surface area contributed by atoms with Crippen molar-refractivity contribution in [3.63, 3.8) is 0 Å². The van der Waals surface area contributed by atoms with E-state index in [0.29, 0.717) is 12.2 Å². The Balaban J connectivity index is 2.29. The minimum absolute atomic E-state index is 0.0894. The molecule has 0 aliphatic heterocycles. The Morgan fingerprint density at radius 1 is 1.27 bits per heavy atom. The van der Waals surface area contributed by atoms with Gasteiger partial charge in [0.1, 0.15) is 5.82 Å². The van der Waals surface area contributed by atoms with Crippen LogP contribution in [0.3, 0.4) is 0 Å². The first-order chi connectivity index (χ1) is 7.24. The number of hydrogen-bond donors (Lipinski definition) is 1. The molecule has 0 fully saturated rings. The van der Waals surface area contributed by atoms with Crippen molar-refractivity contribution in [2.45, 2.75) is 13.3 Å². The van der Waals surface area contributed by atoms with Gasteiger partial charge in [0, 0.05) is 12.5 Å². The molecule has 0 aliphatic rings. The van der Waals surface area contributed by atoms with Crippen molar-refractivity contribution in [3.05, 3.63) is 63.8 Å². The van der Waals surface area contributed by atoms with E-state index in [9.17, 15) is 4.79 Å². The van der Waals surface area contributed by atoms with E-state index in [1.165, 1.54) is 0 Å². The number of rotatable bonds is 2. The van der Waals surface area contributed by atoms with Gasteiger partial charge >= 0.3 is 0 Å². The smallest absolute Gasteiger partial charge is 0.251 e. The highest BCUT2D eigenvalue weighted by Gasteiger charge is 1.99. The lowest BCUT2D eigenvalue weighted by Gasteiger charge is -2.01. The number of aromatic nitrogens is 2. The highest BCUT2D eigenvalue weighted by atomic mass is 16.1. The molecule has 0 saturated carbocycles. The Morgan fingerprint density at radius 3 is 2.67 bits per heavy atom. The number of nitrogens with zero attached hydrogens (tertiary/aromatic N) is 1. The van der Waals surface area contributed by atoms with Gasteiger partial charge in [-0.3, -0.25) is 4.79 Å². The van der Waals surface area contributed by atoms with Crippen molar-refractivity contribution in [3.8, 4) is 0 Å². The highest BCUT2D eigenvalue weighted by molar-refractivity contribution is 5.21. The maximum absolute atomic E-state index is 11.2. The second kappa shape index (κ2) is 4.09. The maximum Gasteiger partial charge on any atom is 0.251 e. The first-order valence-corrected chi connectivity index (χ1v) is 4.85. The quantitative estimate of drug-likeness (QED) is 0.801. The monoisotopic (exact) mass is 200 g/mol. The molecule has 2 rings (SSSR count). The van der Waals surface area contributed by atoms with Gasteiger partial charge in [0.2, 0.25) is 0 Å². The molecule has 1 N–H and O–H groups in total. The SMILES string of the molecule is Cc1nc(Cc2ccccc2)cc(=O)[nH]1. The van der Waals surface area contributed by atoms with Gasteiger partial charge in [0.05, 0.1) is 5.69 Å². The Labute approximate surface area is 87.8 Å². The lowest BCUT2D eigenvalue weighted by atomic mass is 10.1. The first-order valence-electron chi connectivity index (χ1n) is 4.85. The fourth-order valence-corrected chi connectivity index (χ4v) is 1.54. The van der Waals surface area contributed by atoms with Crippen LogP contribution in [-0.2, 0) is 6.42 Å². The summed E-state index contributed by atoms with van der Waals surface area (Å²) in [6.07, 6.45) is 0.700. The van der Waals surface area contributed by atoms with E-state index in [0.717, 1.165) is 11.3 Å². The largest absolute Gasteiger partial charge is 0.311 e. The molecule has 1 heterocycles. The molecule has 0 amide bonds. The van der Waals surface area contributed by atoms with E-state index < -0.39 is 0 Å². The van der Waals surface area contributed by atoms with Crippen molar-refractivity contribution < 1.29 is 0 Å². The lowest BCUT2D eigenvalue weighted by molar-refractivity contribution is 0.945. The zero-order valence-corrected chi connectivity index (χ0v) is 8.53. The fourth-order valence-electron chi connectivity index (χ4n) is 1.54. The third-order valence-electron chi connectivity index (χ3n) is 2.14. The zero-order valence-electron chi connectivity index (χ0n) is 8.53. The highest BCUT2D eigenvalue weighted by Crippen LogP contribution is 2.04. The number of hydrogen-bond acceptors (Lipinski definition) is 2. The standard InChI is InChI=1S/C12H12N2O/c1-9-13-11(8-12(15)14-9)7-10-5-3-2-4-6-10/h2-6,8H,7H2,1H3,(H,13,14,15). The molecule has 76 valence electrons. The molecular weight excluding hydrogens is 188 g/mol. The van der Waals surface area contributed by atoms with Crippen LogP contribution in [0.2, 0.25) is 0 Å². The summed E-state index contributed by atoms with van der Waals surface area (Å²) in [5, 5.41) is 0. The fraction of sp³-hybridized carbons (Fsp3) is 0.167. The summed E-state index contributed by atoms with van der Waals surface area (Å²) in [6, 6.07) is 11.5. The molecule has 0 atom stereocenters. The van der Waals surface area contributed by atoms with Gasteiger partial charge in [-0.15, -0.1) is 0 Å². The molecule has 3 heteroatoms. The van der Waals surface area contributed by atoms with Gasteiger partial charge in [-0.1, -0.05) is 30.3 Å². The molecule has 1 aromatic heterocycles. The van der Waals surface area contributed by atoms with Crippen molar-refractivity contribution in [1.82, 2.24) is 9.97 Å². The van der Waals surface area contributed by atoms with E-state index >= 15 is 0 Å². The van der Waals surface area contributed by atoms with Gasteiger partial charge in [0.15, 0.2) is 0 Å². The predicted octanol–water partition coefficient (Wildman–Crippen LogP) is 1.67. The molecule has 2 aromatic rings. The van der Waals surface area contributed by atoms with Crippen molar-refractivity contribution >= 4 is 0 Å². The average Bonchev–Trinajstić information content (AvgIpc) is 2.17. The van der Waals surface area contributed by atoms with E-state index in [1.807, 2.05) is 30.3 Å². The number of H-pyrrole nitrogens is 1. The van der Waals surface area contributed by atoms with E-state index in [-0.39, 0.29) is 5.56 Å². The molecular formula is C12H12N2O. The minimum Gasteiger partial charge on any atom is -0.311 e. The van der Waals surface area contributed by atoms with E-state index in [4.69, 9.17) is 0 Å². The Morgan fingerprint density at radius 2 is 2.00 bits per heavy atom. The molecule has 0 radical (unpaired) electrons. The minimum atomic E-state index is -0.0894. The number of aryl methyl sites for hydroxylation is 1. The molecule has 3 nitrogen and oxygen atoms in total. The van der Waals surface area contributed by atoms with Gasteiger partial charge in [-0.05, 0) is 12.5 Å². The van der Waals surface area contributed by atoms with Crippen LogP contribution in [0.4, 0.5) is 0 Å². The van der Waals surface area contributed by atoms with Gasteiger partial charge < -0.3 is 4.98 Å². The van der Waals surface area contributed by atoms with Crippen LogP contribution in [-0.4, -0.2) is 9.97 Å². The van der Waals surface area contributed by atoms with Gasteiger partial charge in [0.25, 0.3) is 5.56 Å². The Bertz CT molecular complexity index is 503. The summed E-state index contributed by atoms with van der Waals surface area (Å²) in [4.78, 5) is 18.1. The molecule has 0 unspecified atom stereocenters. The maximum atomic E-state index is 11.2. The zero-order chi connectivity index (χ0) is 10.7. The average molecular weight is 200 g/mol. The van der Waals surface area contributed by atoms with Crippen LogP contribution >= 0.6 is 0 Å². The van der Waals surface area contributed by atoms with Crippen molar-refractivity contribution in [2.75, 3.05) is 0 Å². The third kappa shape index (κ3) is 2.53. The molecule has 0 spiro atoms. The van der Waals surface area contributed by atoms with Crippen molar-refractivity contribution in [2.24, 2.45) is 0 Å². The van der Waals surface area contributed by atoms with Crippen LogP contribution < -0.4 is 5.56 Å². The van der Waals surface area contributed by atoms with E-state index in [2.05, 4.69) is 9.97 Å². The van der Waals surface area contributed by atoms with Crippen LogP contribution in [0, 0.1) is 6.92 Å². The summed E-state index contributed by atoms with van der Waals surface area (Å²) < 4.78 is 0. The number of benzene rings is 1. The molecule has 0 aliphatic carbocycles. The summed E-state index contributed by atoms with van der Waals surface area (Å²) in [7, 11) is 0. The van der Waals surface area contributed by atoms with Crippen LogP contribution in [0.25, 0.3) is 0 Å². The lowest BCUT2D eigenvalue weighted by Crippen LogP contribution is -2.10. The summed E-state index contributed by atoms with van der Waals surface area (Å²) >= 11 is 0. The van der Waals surface area contributed by atoms with Crippen molar-refractivity contribution in [1.29, 1.82) is 0 Å². The molecule has 1 aromatic carbocycles. The summed E-state index contributed by atoms with van der Waals surface area (Å²) in [5.74, 6) is 0.661. The van der Waals surface area contributed by atoms with Crippen LogP contribution in [0.1, 0.15) is 17.1 Å². The van der Waals surface area contributed by atoms with Gasteiger partial charge in [-0.25, -0.2) is 4.98 Å². The molecule has 15 heavy (non-hydrogen) atoms. The van der Waals surface area contributed by atoms with Gasteiger partial charge in [-0.2, -0.15) is 0 Å². The molecule has 0 saturated heterocycles. The number of aromatic amines is 1. The first kappa shape index (κ1) is 9.65. The van der Waals surface area contributed by atoms with Crippen LogP contribution in [0.15, 0.2) is 41.2 Å². The second-order valence-corrected chi connectivity index (χ2v) is 3.48. The summed E-state index contributed by atoms with van der Waals surface area (Å²) in [5.41, 5.74) is 1.88. The topological polar surface area (TPSA) is 45.8 Å². The van der Waals surface area contributed by atoms with E-state index in [1.54, 1.807) is 13.0 Å². The normalized spacial score (nSPS) is 10.2. The summed E-state index contributed by atoms with van der Waals surface area (Å²) in [6.45, 7) is 1.79. The second-order valence-electron chi connectivity index (χ2n) is 3.48. The Hall–Kier alpha value is -1.90. The Kier molecular flexibility index (Phi) is 2.63. The number of nitrogens with one attached hydrogen (secondary N) is 1. The molecule has 0 bridgehead atoms. The predicted molar refractivity (Wildman–Crippen MR) is 58.8 cm³/mol. The third-order valence-corrected chi connectivity index (χ3v) is 2.14. The van der Waals surface area contributed by atoms with Crippen LogP contribution in [0.5, 0.6) is 0 Å².